The van der Waals surface area contributed by atoms with Crippen LogP contribution in [0.25, 0.3) is 22.1 Å². The molecule has 0 spiro atoms. The normalized spacial score (nSPS) is 14.5. The van der Waals surface area contributed by atoms with Crippen LogP contribution in [0.5, 0.6) is 0 Å². The molecule has 0 saturated heterocycles. The highest BCUT2D eigenvalue weighted by Crippen LogP contribution is 2.29. The van der Waals surface area contributed by atoms with Crippen molar-refractivity contribution in [3.8, 4) is 11.3 Å². The average Bonchev–Trinajstić information content (AvgIpc) is 2.90. The Morgan fingerprint density at radius 2 is 1.84 bits per heavy atom. The number of fused-ring (bicyclic) bond motifs is 2. The zero-order valence-corrected chi connectivity index (χ0v) is 10.6. The topological polar surface area (TPSA) is 25.2 Å². The van der Waals surface area contributed by atoms with Crippen molar-refractivity contribution in [3.05, 3.63) is 59.9 Å². The van der Waals surface area contributed by atoms with Crippen molar-refractivity contribution in [2.75, 3.05) is 6.54 Å². The van der Waals surface area contributed by atoms with Gasteiger partial charge in [0.05, 0.1) is 0 Å². The van der Waals surface area contributed by atoms with Crippen LogP contribution in [0.1, 0.15) is 11.3 Å². The molecule has 0 amide bonds. The quantitative estimate of drug-likeness (QED) is 0.710. The lowest BCUT2D eigenvalue weighted by molar-refractivity contribution is 0.484. The van der Waals surface area contributed by atoms with Gasteiger partial charge in [-0.25, -0.2) is 0 Å². The Bertz CT molecular complexity index is 718. The molecule has 0 saturated carbocycles. The van der Waals surface area contributed by atoms with E-state index in [2.05, 4.69) is 53.8 Å². The molecule has 1 aromatic heterocycles. The van der Waals surface area contributed by atoms with Gasteiger partial charge in [0.1, 0.15) is 11.5 Å². The molecule has 2 nitrogen and oxygen atoms in total. The van der Waals surface area contributed by atoms with Gasteiger partial charge < -0.3 is 9.73 Å². The lowest BCUT2D eigenvalue weighted by atomic mass is 10.0. The molecular weight excluding hydrogens is 234 g/mol. The summed E-state index contributed by atoms with van der Waals surface area (Å²) in [5.74, 6) is 2.13. The van der Waals surface area contributed by atoms with Gasteiger partial charge in [0.2, 0.25) is 0 Å². The van der Waals surface area contributed by atoms with Crippen molar-refractivity contribution in [2.45, 2.75) is 13.0 Å². The first-order valence-electron chi connectivity index (χ1n) is 6.72. The van der Waals surface area contributed by atoms with Crippen LogP contribution in [-0.2, 0) is 13.0 Å². The molecule has 3 aromatic rings. The average molecular weight is 249 g/mol. The monoisotopic (exact) mass is 249 g/mol. The fraction of sp³-hybridized carbons (Fsp3) is 0.176. The van der Waals surface area contributed by atoms with E-state index in [0.717, 1.165) is 36.6 Å². The van der Waals surface area contributed by atoms with Crippen LogP contribution in [0.4, 0.5) is 0 Å². The largest absolute Gasteiger partial charge is 0.461 e. The molecule has 1 aliphatic rings. The van der Waals surface area contributed by atoms with Gasteiger partial charge in [-0.05, 0) is 22.9 Å². The highest BCUT2D eigenvalue weighted by molar-refractivity contribution is 5.86. The molecule has 0 aliphatic carbocycles. The van der Waals surface area contributed by atoms with Gasteiger partial charge in [0.15, 0.2) is 0 Å². The molecule has 1 N–H and O–H groups in total. The van der Waals surface area contributed by atoms with Crippen LogP contribution in [0.15, 0.2) is 52.9 Å². The van der Waals surface area contributed by atoms with Gasteiger partial charge in [0.25, 0.3) is 0 Å². The molecule has 0 radical (unpaired) electrons. The zero-order valence-electron chi connectivity index (χ0n) is 10.6. The Hall–Kier alpha value is -2.06. The number of hydrogen-bond acceptors (Lipinski definition) is 2. The Morgan fingerprint density at radius 1 is 0.947 bits per heavy atom. The number of nitrogens with one attached hydrogen (secondary N) is 1. The summed E-state index contributed by atoms with van der Waals surface area (Å²) in [4.78, 5) is 0. The standard InChI is InChI=1S/C17H15NO/c1-2-4-13-9-14(6-5-12(13)3-1)17-10-15-11-18-8-7-16(15)19-17/h1-6,9-10,18H,7-8,11H2. The van der Waals surface area contributed by atoms with E-state index >= 15 is 0 Å². The minimum absolute atomic E-state index is 0.923. The summed E-state index contributed by atoms with van der Waals surface area (Å²) >= 11 is 0. The maximum absolute atomic E-state index is 6.00. The lowest BCUT2D eigenvalue weighted by Gasteiger charge is -2.09. The van der Waals surface area contributed by atoms with E-state index in [4.69, 9.17) is 4.42 Å². The summed E-state index contributed by atoms with van der Waals surface area (Å²) in [5, 5.41) is 5.90. The van der Waals surface area contributed by atoms with E-state index in [0.29, 0.717) is 0 Å². The molecule has 19 heavy (non-hydrogen) atoms. The number of rotatable bonds is 1. The van der Waals surface area contributed by atoms with E-state index in [-0.39, 0.29) is 0 Å². The van der Waals surface area contributed by atoms with Crippen LogP contribution in [0.2, 0.25) is 0 Å². The molecule has 0 unspecified atom stereocenters. The van der Waals surface area contributed by atoms with Crippen molar-refractivity contribution in [2.24, 2.45) is 0 Å². The van der Waals surface area contributed by atoms with E-state index in [1.54, 1.807) is 0 Å². The molecule has 0 atom stereocenters. The van der Waals surface area contributed by atoms with E-state index in [1.165, 1.54) is 16.3 Å². The minimum Gasteiger partial charge on any atom is -0.461 e. The van der Waals surface area contributed by atoms with Crippen LogP contribution in [-0.4, -0.2) is 6.54 Å². The maximum atomic E-state index is 6.00. The summed E-state index contributed by atoms with van der Waals surface area (Å²) in [6.45, 7) is 1.93. The smallest absolute Gasteiger partial charge is 0.134 e. The van der Waals surface area contributed by atoms with Crippen LogP contribution >= 0.6 is 0 Å². The van der Waals surface area contributed by atoms with Gasteiger partial charge in [-0.3, -0.25) is 0 Å². The van der Waals surface area contributed by atoms with Crippen LogP contribution in [0.3, 0.4) is 0 Å². The Balaban J connectivity index is 1.83. The predicted octanol–water partition coefficient (Wildman–Crippen LogP) is 3.75. The maximum Gasteiger partial charge on any atom is 0.134 e. The summed E-state index contributed by atoms with van der Waals surface area (Å²) in [6.07, 6.45) is 0.989. The molecule has 2 heterocycles. The van der Waals surface area contributed by atoms with Gasteiger partial charge >= 0.3 is 0 Å². The second kappa shape index (κ2) is 4.25. The summed E-state index contributed by atoms with van der Waals surface area (Å²) in [6, 6.07) is 17.1. The molecule has 1 aliphatic heterocycles. The summed E-state index contributed by atoms with van der Waals surface area (Å²) in [7, 11) is 0. The first-order chi connectivity index (χ1) is 9.40. The summed E-state index contributed by atoms with van der Waals surface area (Å²) < 4.78 is 6.00. The van der Waals surface area contributed by atoms with Crippen LogP contribution in [0, 0.1) is 0 Å². The molecule has 94 valence electrons. The fourth-order valence-electron chi connectivity index (χ4n) is 2.74. The Kier molecular flexibility index (Phi) is 2.42. The van der Waals surface area contributed by atoms with E-state index in [9.17, 15) is 0 Å². The van der Waals surface area contributed by atoms with E-state index in [1.807, 2.05) is 0 Å². The highest BCUT2D eigenvalue weighted by Gasteiger charge is 2.15. The Labute approximate surface area is 112 Å². The first-order valence-corrected chi connectivity index (χ1v) is 6.72. The zero-order chi connectivity index (χ0) is 12.7. The third-order valence-corrected chi connectivity index (χ3v) is 3.77. The van der Waals surface area contributed by atoms with Crippen LogP contribution < -0.4 is 5.32 Å². The predicted molar refractivity (Wildman–Crippen MR) is 77.1 cm³/mol. The second-order valence-electron chi connectivity index (χ2n) is 5.05. The fourth-order valence-corrected chi connectivity index (χ4v) is 2.74. The highest BCUT2D eigenvalue weighted by atomic mass is 16.3. The second-order valence-corrected chi connectivity index (χ2v) is 5.05. The van der Waals surface area contributed by atoms with E-state index < -0.39 is 0 Å². The lowest BCUT2D eigenvalue weighted by Crippen LogP contribution is -2.22. The third-order valence-electron chi connectivity index (χ3n) is 3.77. The Morgan fingerprint density at radius 3 is 2.74 bits per heavy atom. The van der Waals surface area contributed by atoms with Crippen molar-refractivity contribution < 1.29 is 4.42 Å². The van der Waals surface area contributed by atoms with Gasteiger partial charge in [-0.15, -0.1) is 0 Å². The van der Waals surface area contributed by atoms with Gasteiger partial charge in [-0.1, -0.05) is 36.4 Å². The van der Waals surface area contributed by atoms with Gasteiger partial charge in [-0.2, -0.15) is 0 Å². The molecular formula is C17H15NO. The molecule has 0 fully saturated rings. The first kappa shape index (κ1) is 10.8. The molecule has 2 aromatic carbocycles. The number of hydrogen-bond donors (Lipinski definition) is 1. The third kappa shape index (κ3) is 1.85. The molecule has 4 rings (SSSR count). The van der Waals surface area contributed by atoms with Gasteiger partial charge in [0, 0.05) is 30.6 Å². The number of benzene rings is 2. The minimum atomic E-state index is 0.923. The molecule has 0 bridgehead atoms. The summed E-state index contributed by atoms with van der Waals surface area (Å²) in [5.41, 5.74) is 2.46. The van der Waals surface area contributed by atoms with Crippen molar-refractivity contribution in [1.82, 2.24) is 5.32 Å². The van der Waals surface area contributed by atoms with Crippen molar-refractivity contribution in [3.63, 3.8) is 0 Å². The number of furan rings is 1. The van der Waals surface area contributed by atoms with Crippen molar-refractivity contribution in [1.29, 1.82) is 0 Å². The van der Waals surface area contributed by atoms with Crippen molar-refractivity contribution >= 4 is 10.8 Å². The molecule has 2 heteroatoms. The SMILES string of the molecule is c1ccc2cc(-c3cc4c(o3)CCNC4)ccc2c1.